The number of carbonyl (C=O) groups excluding carboxylic acids is 1. The first-order chi connectivity index (χ1) is 11.0. The summed E-state index contributed by atoms with van der Waals surface area (Å²) in [5, 5.41) is 0. The third kappa shape index (κ3) is 2.14. The SMILES string of the molecule is C[C@]12CCCC[C@@H]1CC[C@H]1[C@H]2CC[C@]2(C)[C@H](C(=O)NN)CC[C@@H]12. The summed E-state index contributed by atoms with van der Waals surface area (Å²) in [6, 6.07) is 0. The predicted molar refractivity (Wildman–Crippen MR) is 92.2 cm³/mol. The molecule has 0 spiro atoms. The molecule has 4 aliphatic carbocycles. The third-order valence-corrected chi connectivity index (χ3v) is 9.04. The molecule has 0 heterocycles. The molecule has 1 amide bonds. The van der Waals surface area contributed by atoms with Crippen LogP contribution < -0.4 is 11.3 Å². The maximum absolute atomic E-state index is 12.3. The van der Waals surface area contributed by atoms with E-state index in [1.807, 2.05) is 0 Å². The minimum Gasteiger partial charge on any atom is -0.294 e. The van der Waals surface area contributed by atoms with Crippen LogP contribution in [0, 0.1) is 40.4 Å². The van der Waals surface area contributed by atoms with E-state index in [1.54, 1.807) is 0 Å². The Morgan fingerprint density at radius 3 is 2.48 bits per heavy atom. The van der Waals surface area contributed by atoms with Gasteiger partial charge in [0.2, 0.25) is 5.91 Å². The summed E-state index contributed by atoms with van der Waals surface area (Å²) in [7, 11) is 0. The zero-order valence-electron chi connectivity index (χ0n) is 14.9. The summed E-state index contributed by atoms with van der Waals surface area (Å²) < 4.78 is 0. The van der Waals surface area contributed by atoms with Crippen LogP contribution in [0.25, 0.3) is 0 Å². The standard InChI is InChI=1S/C20H34N2O/c1-19-11-4-3-5-13(19)6-7-14-15-8-9-17(18(23)22-21)20(15,2)12-10-16(14)19/h13-17H,3-12,21H2,1-2H3,(H,22,23)/t13-,14-,15+,16-,17+,19+,20+/m1/s1. The lowest BCUT2D eigenvalue weighted by Crippen LogP contribution is -2.54. The monoisotopic (exact) mass is 318 g/mol. The average Bonchev–Trinajstić information content (AvgIpc) is 2.91. The predicted octanol–water partition coefficient (Wildman–Crippen LogP) is 4.03. The fraction of sp³-hybridized carbons (Fsp3) is 0.950. The second kappa shape index (κ2) is 5.47. The number of nitrogens with two attached hydrogens (primary N) is 1. The van der Waals surface area contributed by atoms with E-state index in [0.29, 0.717) is 5.41 Å². The molecule has 0 saturated heterocycles. The van der Waals surface area contributed by atoms with Gasteiger partial charge in [-0.1, -0.05) is 26.7 Å². The Balaban J connectivity index is 1.61. The van der Waals surface area contributed by atoms with Gasteiger partial charge in [0, 0.05) is 5.92 Å². The molecule has 23 heavy (non-hydrogen) atoms. The molecular weight excluding hydrogens is 284 g/mol. The van der Waals surface area contributed by atoms with Crippen LogP contribution >= 0.6 is 0 Å². The van der Waals surface area contributed by atoms with Crippen molar-refractivity contribution in [3.05, 3.63) is 0 Å². The van der Waals surface area contributed by atoms with Gasteiger partial charge in [0.1, 0.15) is 0 Å². The van der Waals surface area contributed by atoms with Crippen LogP contribution in [0.1, 0.15) is 78.1 Å². The van der Waals surface area contributed by atoms with Gasteiger partial charge in [0.15, 0.2) is 0 Å². The van der Waals surface area contributed by atoms with E-state index in [1.165, 1.54) is 57.8 Å². The van der Waals surface area contributed by atoms with E-state index in [4.69, 9.17) is 5.84 Å². The van der Waals surface area contributed by atoms with Crippen molar-refractivity contribution >= 4 is 5.91 Å². The van der Waals surface area contributed by atoms with Gasteiger partial charge >= 0.3 is 0 Å². The normalized spacial score (nSPS) is 52.2. The number of fused-ring (bicyclic) bond motifs is 5. The summed E-state index contributed by atoms with van der Waals surface area (Å²) in [5.74, 6) is 9.22. The summed E-state index contributed by atoms with van der Waals surface area (Å²) in [6.07, 6.45) is 13.6. The molecule has 3 heteroatoms. The van der Waals surface area contributed by atoms with Crippen molar-refractivity contribution in [2.24, 2.45) is 46.3 Å². The van der Waals surface area contributed by atoms with E-state index in [2.05, 4.69) is 19.3 Å². The van der Waals surface area contributed by atoms with Gasteiger partial charge in [-0.15, -0.1) is 0 Å². The maximum atomic E-state index is 12.3. The first-order valence-corrected chi connectivity index (χ1v) is 10.0. The molecule has 0 bridgehead atoms. The Morgan fingerprint density at radius 1 is 0.913 bits per heavy atom. The Morgan fingerprint density at radius 2 is 1.70 bits per heavy atom. The molecule has 0 radical (unpaired) electrons. The van der Waals surface area contributed by atoms with Crippen molar-refractivity contribution in [2.75, 3.05) is 0 Å². The topological polar surface area (TPSA) is 55.1 Å². The smallest absolute Gasteiger partial charge is 0.237 e. The van der Waals surface area contributed by atoms with E-state index in [-0.39, 0.29) is 17.2 Å². The highest BCUT2D eigenvalue weighted by Crippen LogP contribution is 2.67. The van der Waals surface area contributed by atoms with Crippen LogP contribution in [0.2, 0.25) is 0 Å². The number of hydrogen-bond acceptors (Lipinski definition) is 2. The van der Waals surface area contributed by atoms with E-state index in [9.17, 15) is 4.79 Å². The molecule has 0 aromatic rings. The van der Waals surface area contributed by atoms with E-state index >= 15 is 0 Å². The van der Waals surface area contributed by atoms with Gasteiger partial charge in [0.05, 0.1) is 0 Å². The van der Waals surface area contributed by atoms with Crippen LogP contribution in [0.3, 0.4) is 0 Å². The molecule has 7 atom stereocenters. The maximum Gasteiger partial charge on any atom is 0.237 e. The van der Waals surface area contributed by atoms with Gasteiger partial charge in [-0.2, -0.15) is 0 Å². The fourth-order valence-electron chi connectivity index (χ4n) is 7.83. The molecule has 0 aliphatic heterocycles. The Kier molecular flexibility index (Phi) is 3.79. The minimum absolute atomic E-state index is 0.0889. The number of hydrogen-bond donors (Lipinski definition) is 2. The van der Waals surface area contributed by atoms with Crippen LogP contribution in [-0.2, 0) is 4.79 Å². The molecule has 130 valence electrons. The second-order valence-corrected chi connectivity index (χ2v) is 9.59. The van der Waals surface area contributed by atoms with Crippen molar-refractivity contribution in [1.82, 2.24) is 5.43 Å². The fourth-order valence-corrected chi connectivity index (χ4v) is 7.83. The van der Waals surface area contributed by atoms with Gasteiger partial charge in [-0.25, -0.2) is 5.84 Å². The van der Waals surface area contributed by atoms with Crippen molar-refractivity contribution in [3.8, 4) is 0 Å². The molecule has 3 N–H and O–H groups in total. The van der Waals surface area contributed by atoms with Crippen LogP contribution in [0.5, 0.6) is 0 Å². The summed E-state index contributed by atoms with van der Waals surface area (Å²) in [6.45, 7) is 5.02. The van der Waals surface area contributed by atoms with Crippen molar-refractivity contribution in [2.45, 2.75) is 78.1 Å². The van der Waals surface area contributed by atoms with Crippen LogP contribution in [0.4, 0.5) is 0 Å². The number of amides is 1. The lowest BCUT2D eigenvalue weighted by molar-refractivity contribution is -0.137. The lowest BCUT2D eigenvalue weighted by atomic mass is 9.45. The zero-order valence-corrected chi connectivity index (χ0v) is 14.9. The number of rotatable bonds is 1. The molecule has 3 nitrogen and oxygen atoms in total. The molecule has 0 unspecified atom stereocenters. The number of hydrazine groups is 1. The third-order valence-electron chi connectivity index (χ3n) is 9.04. The van der Waals surface area contributed by atoms with Gasteiger partial charge in [-0.3, -0.25) is 10.2 Å². The molecule has 0 aromatic heterocycles. The van der Waals surface area contributed by atoms with Crippen LogP contribution in [0.15, 0.2) is 0 Å². The van der Waals surface area contributed by atoms with Crippen molar-refractivity contribution in [3.63, 3.8) is 0 Å². The molecule has 4 fully saturated rings. The first-order valence-electron chi connectivity index (χ1n) is 10.0. The average molecular weight is 319 g/mol. The highest BCUT2D eigenvalue weighted by molar-refractivity contribution is 5.79. The number of nitrogens with one attached hydrogen (secondary N) is 1. The van der Waals surface area contributed by atoms with Gasteiger partial charge in [-0.05, 0) is 85.9 Å². The quantitative estimate of drug-likeness (QED) is 0.436. The Bertz CT molecular complexity index is 492. The summed E-state index contributed by atoms with van der Waals surface area (Å²) >= 11 is 0. The molecule has 4 saturated carbocycles. The lowest BCUT2D eigenvalue weighted by Gasteiger charge is -2.60. The van der Waals surface area contributed by atoms with Crippen molar-refractivity contribution < 1.29 is 4.79 Å². The minimum atomic E-state index is 0.0889. The molecule has 0 aromatic carbocycles. The Hall–Kier alpha value is -0.570. The second-order valence-electron chi connectivity index (χ2n) is 9.59. The Labute approximate surface area is 141 Å². The van der Waals surface area contributed by atoms with Crippen LogP contribution in [-0.4, -0.2) is 5.91 Å². The summed E-state index contributed by atoms with van der Waals surface area (Å²) in [5.41, 5.74) is 3.24. The van der Waals surface area contributed by atoms with E-state index < -0.39 is 0 Å². The van der Waals surface area contributed by atoms with Gasteiger partial charge < -0.3 is 0 Å². The largest absolute Gasteiger partial charge is 0.294 e. The summed E-state index contributed by atoms with van der Waals surface area (Å²) in [4.78, 5) is 12.3. The van der Waals surface area contributed by atoms with E-state index in [0.717, 1.165) is 30.1 Å². The van der Waals surface area contributed by atoms with Crippen molar-refractivity contribution in [1.29, 1.82) is 0 Å². The highest BCUT2D eigenvalue weighted by Gasteiger charge is 2.60. The first kappa shape index (κ1) is 15.9. The highest BCUT2D eigenvalue weighted by atomic mass is 16.2. The zero-order chi connectivity index (χ0) is 16.2. The molecular formula is C20H34N2O. The van der Waals surface area contributed by atoms with Gasteiger partial charge in [0.25, 0.3) is 0 Å². The molecule has 4 rings (SSSR count). The molecule has 4 aliphatic rings. The number of carbonyl (C=O) groups is 1.